The lowest BCUT2D eigenvalue weighted by molar-refractivity contribution is -0.128. The van der Waals surface area contributed by atoms with Crippen LogP contribution in [0.3, 0.4) is 0 Å². The van der Waals surface area contributed by atoms with Gasteiger partial charge in [0.25, 0.3) is 0 Å². The summed E-state index contributed by atoms with van der Waals surface area (Å²) in [6.07, 6.45) is 5.15. The number of fused-ring (bicyclic) bond motifs is 1. The second-order valence-corrected chi connectivity index (χ2v) is 8.84. The molecule has 1 aliphatic carbocycles. The Labute approximate surface area is 170 Å². The molecule has 1 aromatic heterocycles. The molecule has 1 saturated heterocycles. The van der Waals surface area contributed by atoms with Crippen LogP contribution in [0.1, 0.15) is 56.8 Å². The lowest BCUT2D eigenvalue weighted by Crippen LogP contribution is -2.38. The highest BCUT2D eigenvalue weighted by Gasteiger charge is 2.36. The van der Waals surface area contributed by atoms with E-state index in [9.17, 15) is 14.0 Å². The van der Waals surface area contributed by atoms with Crippen molar-refractivity contribution in [1.29, 1.82) is 0 Å². The minimum Gasteiger partial charge on any atom is -0.349 e. The molecule has 2 amide bonds. The van der Waals surface area contributed by atoms with Gasteiger partial charge in [0.2, 0.25) is 11.8 Å². The topological polar surface area (TPSA) is 67.2 Å². The molecule has 0 saturated carbocycles. The number of likely N-dealkylation sites (tertiary alicyclic amines) is 1. The molecule has 0 radical (unpaired) electrons. The Morgan fingerprint density at radius 3 is 2.93 bits per heavy atom. The van der Waals surface area contributed by atoms with Gasteiger partial charge in [0, 0.05) is 31.5 Å². The van der Waals surface area contributed by atoms with E-state index in [1.54, 1.807) is 21.8 Å². The number of rotatable bonds is 5. The highest BCUT2D eigenvalue weighted by Crippen LogP contribution is 2.41. The third kappa shape index (κ3) is 4.18. The van der Waals surface area contributed by atoms with E-state index in [1.165, 1.54) is 12.1 Å². The Morgan fingerprint density at radius 1 is 1.38 bits per heavy atom. The number of hydrogen-bond acceptors (Lipinski definition) is 3. The van der Waals surface area contributed by atoms with Gasteiger partial charge in [0.15, 0.2) is 0 Å². The van der Waals surface area contributed by atoms with Crippen molar-refractivity contribution < 1.29 is 14.0 Å². The van der Waals surface area contributed by atoms with Crippen LogP contribution < -0.4 is 5.32 Å². The maximum atomic E-state index is 13.7. The number of halogens is 1. The summed E-state index contributed by atoms with van der Waals surface area (Å²) >= 11 is 0. The molecule has 2 aliphatic rings. The van der Waals surface area contributed by atoms with Gasteiger partial charge in [-0.25, -0.2) is 9.07 Å². The van der Waals surface area contributed by atoms with Crippen molar-refractivity contribution in [2.24, 2.45) is 5.41 Å². The number of amides is 2. The standard InChI is InChI=1S/C22H27FN4O2/c1-22(2)12-18(25-20(28)8-10-26-9-4-7-21(26)29)17-14-24-27(19(17)13-22)16-6-3-5-15(23)11-16/h3,5-6,11,14,18H,4,7-10,12-13H2,1-2H3,(H,25,28)/t18-/m0/s1. The Balaban J connectivity index is 1.52. The highest BCUT2D eigenvalue weighted by atomic mass is 19.1. The first-order valence-electron chi connectivity index (χ1n) is 10.2. The zero-order valence-electron chi connectivity index (χ0n) is 16.9. The molecule has 4 rings (SSSR count). The number of benzene rings is 1. The van der Waals surface area contributed by atoms with Gasteiger partial charge in [-0.15, -0.1) is 0 Å². The van der Waals surface area contributed by atoms with Crippen molar-refractivity contribution in [2.45, 2.75) is 52.0 Å². The zero-order chi connectivity index (χ0) is 20.6. The van der Waals surface area contributed by atoms with E-state index in [-0.39, 0.29) is 29.1 Å². The van der Waals surface area contributed by atoms with E-state index in [4.69, 9.17) is 0 Å². The lowest BCUT2D eigenvalue weighted by Gasteiger charge is -2.36. The van der Waals surface area contributed by atoms with Crippen molar-refractivity contribution in [2.75, 3.05) is 13.1 Å². The third-order valence-corrected chi connectivity index (χ3v) is 5.85. The number of hydrogen-bond donors (Lipinski definition) is 1. The summed E-state index contributed by atoms with van der Waals surface area (Å²) in [5.74, 6) is -0.227. The van der Waals surface area contributed by atoms with Crippen molar-refractivity contribution >= 4 is 11.8 Å². The number of carbonyl (C=O) groups is 2. The van der Waals surface area contributed by atoms with E-state index in [2.05, 4.69) is 24.3 Å². The van der Waals surface area contributed by atoms with Gasteiger partial charge in [0.05, 0.1) is 23.6 Å². The fourth-order valence-corrected chi connectivity index (χ4v) is 4.45. The monoisotopic (exact) mass is 398 g/mol. The maximum Gasteiger partial charge on any atom is 0.222 e. The Bertz CT molecular complexity index is 937. The molecule has 1 aliphatic heterocycles. The average Bonchev–Trinajstić information content (AvgIpc) is 3.25. The Kier molecular flexibility index (Phi) is 5.15. The van der Waals surface area contributed by atoms with E-state index < -0.39 is 0 Å². The average molecular weight is 398 g/mol. The molecule has 6 nitrogen and oxygen atoms in total. The van der Waals surface area contributed by atoms with Crippen LogP contribution in [0.25, 0.3) is 5.69 Å². The first-order chi connectivity index (χ1) is 13.8. The van der Waals surface area contributed by atoms with Gasteiger partial charge in [-0.3, -0.25) is 9.59 Å². The molecule has 1 fully saturated rings. The highest BCUT2D eigenvalue weighted by molar-refractivity contribution is 5.80. The van der Waals surface area contributed by atoms with Gasteiger partial charge < -0.3 is 10.2 Å². The van der Waals surface area contributed by atoms with Gasteiger partial charge in [0.1, 0.15) is 5.82 Å². The smallest absolute Gasteiger partial charge is 0.222 e. The molecule has 154 valence electrons. The maximum absolute atomic E-state index is 13.7. The van der Waals surface area contributed by atoms with Gasteiger partial charge in [-0.05, 0) is 42.9 Å². The summed E-state index contributed by atoms with van der Waals surface area (Å²) in [6, 6.07) is 6.25. The quantitative estimate of drug-likeness (QED) is 0.841. The summed E-state index contributed by atoms with van der Waals surface area (Å²) in [5.41, 5.74) is 2.65. The van der Waals surface area contributed by atoms with Crippen molar-refractivity contribution in [3.05, 3.63) is 47.5 Å². The second kappa shape index (κ2) is 7.61. The normalized spacial score (nSPS) is 20.6. The molecule has 7 heteroatoms. The van der Waals surface area contributed by atoms with Crippen LogP contribution in [-0.4, -0.2) is 39.6 Å². The fraction of sp³-hybridized carbons (Fsp3) is 0.500. The van der Waals surface area contributed by atoms with Crippen LogP contribution in [0.15, 0.2) is 30.5 Å². The number of aromatic nitrogens is 2. The van der Waals surface area contributed by atoms with Crippen LogP contribution in [-0.2, 0) is 16.0 Å². The van der Waals surface area contributed by atoms with Crippen molar-refractivity contribution in [3.63, 3.8) is 0 Å². The minimum absolute atomic E-state index is 0.0268. The molecule has 1 N–H and O–H groups in total. The van der Waals surface area contributed by atoms with E-state index >= 15 is 0 Å². The fourth-order valence-electron chi connectivity index (χ4n) is 4.45. The number of nitrogens with one attached hydrogen (secondary N) is 1. The lowest BCUT2D eigenvalue weighted by atomic mass is 9.74. The van der Waals surface area contributed by atoms with E-state index in [1.807, 2.05) is 6.07 Å². The summed E-state index contributed by atoms with van der Waals surface area (Å²) in [6.45, 7) is 5.55. The van der Waals surface area contributed by atoms with E-state index in [0.29, 0.717) is 25.1 Å². The van der Waals surface area contributed by atoms with Crippen LogP contribution in [0, 0.1) is 11.2 Å². The minimum atomic E-state index is -0.303. The Hall–Kier alpha value is -2.70. The van der Waals surface area contributed by atoms with Gasteiger partial charge >= 0.3 is 0 Å². The molecule has 1 aromatic carbocycles. The van der Waals surface area contributed by atoms with E-state index in [0.717, 1.165) is 37.1 Å². The van der Waals surface area contributed by atoms with Gasteiger partial charge in [-0.2, -0.15) is 5.10 Å². The first kappa shape index (κ1) is 19.6. The summed E-state index contributed by atoms with van der Waals surface area (Å²) in [5, 5.41) is 7.64. The van der Waals surface area contributed by atoms with Crippen LogP contribution >= 0.6 is 0 Å². The van der Waals surface area contributed by atoms with Gasteiger partial charge in [-0.1, -0.05) is 19.9 Å². The predicted molar refractivity (Wildman–Crippen MR) is 107 cm³/mol. The number of nitrogens with zero attached hydrogens (tertiary/aromatic N) is 3. The predicted octanol–water partition coefficient (Wildman–Crippen LogP) is 3.15. The Morgan fingerprint density at radius 2 is 2.21 bits per heavy atom. The third-order valence-electron chi connectivity index (χ3n) is 5.85. The molecule has 29 heavy (non-hydrogen) atoms. The molecule has 0 unspecified atom stereocenters. The van der Waals surface area contributed by atoms with Crippen LogP contribution in [0.4, 0.5) is 4.39 Å². The molecule has 1 atom stereocenters. The molecule has 0 spiro atoms. The molecule has 2 heterocycles. The summed E-state index contributed by atoms with van der Waals surface area (Å²) in [4.78, 5) is 26.1. The van der Waals surface area contributed by atoms with Crippen LogP contribution in [0.2, 0.25) is 0 Å². The van der Waals surface area contributed by atoms with Crippen molar-refractivity contribution in [1.82, 2.24) is 20.0 Å². The largest absolute Gasteiger partial charge is 0.349 e. The first-order valence-corrected chi connectivity index (χ1v) is 10.2. The molecule has 2 aromatic rings. The molecular weight excluding hydrogens is 371 g/mol. The molecule has 0 bridgehead atoms. The molecular formula is C22H27FN4O2. The zero-order valence-corrected chi connectivity index (χ0v) is 16.9. The summed E-state index contributed by atoms with van der Waals surface area (Å²) in [7, 11) is 0. The summed E-state index contributed by atoms with van der Waals surface area (Å²) < 4.78 is 15.5. The van der Waals surface area contributed by atoms with Crippen LogP contribution in [0.5, 0.6) is 0 Å². The van der Waals surface area contributed by atoms with Crippen molar-refractivity contribution in [3.8, 4) is 5.69 Å². The SMILES string of the molecule is CC1(C)Cc2c(cnn2-c2cccc(F)c2)[C@@H](NC(=O)CCN2CCCC2=O)C1. The number of carbonyl (C=O) groups excluding carboxylic acids is 2. The second-order valence-electron chi connectivity index (χ2n) is 8.84.